The smallest absolute Gasteiger partial charge is 0.149 e. The van der Waals surface area contributed by atoms with Crippen molar-refractivity contribution >= 4 is 6.21 Å². The fourth-order valence-electron chi connectivity index (χ4n) is 0.983. The molecule has 0 aromatic rings. The molecule has 0 amide bonds. The lowest BCUT2D eigenvalue weighted by Crippen LogP contribution is -2.22. The summed E-state index contributed by atoms with van der Waals surface area (Å²) in [6, 6.07) is 0.708. The molecule has 0 aromatic heterocycles. The first-order chi connectivity index (χ1) is 4.26. The van der Waals surface area contributed by atoms with Gasteiger partial charge in [0, 0.05) is 13.3 Å². The first-order valence-corrected chi connectivity index (χ1v) is 3.81. The van der Waals surface area contributed by atoms with Crippen LogP contribution >= 0.6 is 0 Å². The molecule has 1 unspecified atom stereocenters. The minimum Gasteiger partial charge on any atom is -0.238 e. The Morgan fingerprint density at radius 1 is 1.44 bits per heavy atom. The average molecular weight is 128 g/mol. The SMILES string of the molecule is CC=[N+](CC)C(C)CC. The Labute approximate surface area is 58.4 Å². The molecule has 0 spiro atoms. The van der Waals surface area contributed by atoms with Gasteiger partial charge < -0.3 is 0 Å². The predicted molar refractivity (Wildman–Crippen MR) is 42.3 cm³/mol. The lowest BCUT2D eigenvalue weighted by Gasteiger charge is -2.05. The molecule has 0 radical (unpaired) electrons. The summed E-state index contributed by atoms with van der Waals surface area (Å²) in [4.78, 5) is 0. The zero-order valence-corrected chi connectivity index (χ0v) is 7.02. The zero-order valence-electron chi connectivity index (χ0n) is 7.02. The zero-order chi connectivity index (χ0) is 7.28. The molecule has 9 heavy (non-hydrogen) atoms. The summed E-state index contributed by atoms with van der Waals surface area (Å²) >= 11 is 0. The molecule has 0 heterocycles. The van der Waals surface area contributed by atoms with E-state index in [2.05, 4.69) is 38.5 Å². The largest absolute Gasteiger partial charge is 0.238 e. The van der Waals surface area contributed by atoms with Gasteiger partial charge in [-0.25, -0.2) is 4.58 Å². The van der Waals surface area contributed by atoms with Crippen LogP contribution in [0.5, 0.6) is 0 Å². The molecule has 0 saturated carbocycles. The van der Waals surface area contributed by atoms with E-state index in [1.807, 2.05) is 0 Å². The normalized spacial score (nSPS) is 15.8. The first kappa shape index (κ1) is 8.67. The number of hydrogen-bond donors (Lipinski definition) is 0. The maximum absolute atomic E-state index is 2.35. The summed E-state index contributed by atoms with van der Waals surface area (Å²) in [6.45, 7) is 9.88. The van der Waals surface area contributed by atoms with Gasteiger partial charge in [0.15, 0.2) is 0 Å². The Morgan fingerprint density at radius 2 is 2.00 bits per heavy atom. The summed E-state index contributed by atoms with van der Waals surface area (Å²) in [7, 11) is 0. The van der Waals surface area contributed by atoms with E-state index in [9.17, 15) is 0 Å². The van der Waals surface area contributed by atoms with Crippen molar-refractivity contribution in [1.82, 2.24) is 0 Å². The topological polar surface area (TPSA) is 3.01 Å². The monoisotopic (exact) mass is 128 g/mol. The van der Waals surface area contributed by atoms with Crippen molar-refractivity contribution in [2.75, 3.05) is 6.54 Å². The lowest BCUT2D eigenvalue weighted by molar-refractivity contribution is -0.555. The van der Waals surface area contributed by atoms with Crippen LogP contribution in [-0.2, 0) is 0 Å². The van der Waals surface area contributed by atoms with Crippen LogP contribution in [0, 0.1) is 0 Å². The maximum Gasteiger partial charge on any atom is 0.149 e. The lowest BCUT2D eigenvalue weighted by atomic mass is 10.2. The Morgan fingerprint density at radius 3 is 2.11 bits per heavy atom. The van der Waals surface area contributed by atoms with E-state index < -0.39 is 0 Å². The molecular formula is C8H18N+. The van der Waals surface area contributed by atoms with Gasteiger partial charge in [0.25, 0.3) is 0 Å². The van der Waals surface area contributed by atoms with Crippen LogP contribution in [0.1, 0.15) is 34.1 Å². The van der Waals surface area contributed by atoms with Crippen LogP contribution in [0.3, 0.4) is 0 Å². The van der Waals surface area contributed by atoms with Crippen molar-refractivity contribution in [3.63, 3.8) is 0 Å². The molecule has 0 bridgehead atoms. The van der Waals surface area contributed by atoms with Gasteiger partial charge in [-0.3, -0.25) is 0 Å². The van der Waals surface area contributed by atoms with E-state index in [4.69, 9.17) is 0 Å². The Balaban J connectivity index is 3.80. The van der Waals surface area contributed by atoms with Crippen molar-refractivity contribution in [2.45, 2.75) is 40.2 Å². The molecule has 1 heteroatoms. The van der Waals surface area contributed by atoms with Crippen molar-refractivity contribution in [2.24, 2.45) is 0 Å². The highest BCUT2D eigenvalue weighted by Gasteiger charge is 2.07. The summed E-state index contributed by atoms with van der Waals surface area (Å²) < 4.78 is 2.35. The van der Waals surface area contributed by atoms with Gasteiger partial charge in [-0.1, -0.05) is 6.92 Å². The van der Waals surface area contributed by atoms with Gasteiger partial charge in [0.2, 0.25) is 0 Å². The van der Waals surface area contributed by atoms with Gasteiger partial charge in [-0.2, -0.15) is 0 Å². The molecule has 0 aliphatic heterocycles. The van der Waals surface area contributed by atoms with Gasteiger partial charge in [0.1, 0.15) is 18.8 Å². The molecular weight excluding hydrogens is 110 g/mol. The van der Waals surface area contributed by atoms with Gasteiger partial charge in [-0.05, 0) is 13.8 Å². The van der Waals surface area contributed by atoms with Crippen LogP contribution in [0.15, 0.2) is 0 Å². The van der Waals surface area contributed by atoms with E-state index in [0.29, 0.717) is 6.04 Å². The summed E-state index contributed by atoms with van der Waals surface area (Å²) in [5.74, 6) is 0. The van der Waals surface area contributed by atoms with Crippen molar-refractivity contribution in [1.29, 1.82) is 0 Å². The molecule has 1 atom stereocenters. The highest BCUT2D eigenvalue weighted by molar-refractivity contribution is 5.46. The molecule has 54 valence electrons. The van der Waals surface area contributed by atoms with Crippen molar-refractivity contribution < 1.29 is 4.58 Å². The highest BCUT2D eigenvalue weighted by atomic mass is 15.0. The molecule has 0 saturated heterocycles. The molecule has 0 fully saturated rings. The molecule has 0 aromatic carbocycles. The number of nitrogens with zero attached hydrogens (tertiary/aromatic N) is 1. The van der Waals surface area contributed by atoms with Gasteiger partial charge >= 0.3 is 0 Å². The molecule has 0 aliphatic rings. The third-order valence-electron chi connectivity index (χ3n) is 1.85. The quantitative estimate of drug-likeness (QED) is 0.403. The maximum atomic E-state index is 2.35. The standard InChI is InChI=1S/C8H18N/c1-5-8(4)9(6-2)7-3/h6,8H,5,7H2,1-4H3/q+1. The third kappa shape index (κ3) is 2.64. The van der Waals surface area contributed by atoms with E-state index in [-0.39, 0.29) is 0 Å². The minimum atomic E-state index is 0.708. The van der Waals surface area contributed by atoms with E-state index in [1.54, 1.807) is 0 Å². The van der Waals surface area contributed by atoms with Crippen LogP contribution < -0.4 is 0 Å². The van der Waals surface area contributed by atoms with Crippen LogP contribution in [0.4, 0.5) is 0 Å². The average Bonchev–Trinajstić information content (AvgIpc) is 1.90. The van der Waals surface area contributed by atoms with E-state index in [1.165, 1.54) is 6.42 Å². The summed E-state index contributed by atoms with van der Waals surface area (Å²) in [5, 5.41) is 0. The summed E-state index contributed by atoms with van der Waals surface area (Å²) in [6.07, 6.45) is 3.40. The van der Waals surface area contributed by atoms with Crippen molar-refractivity contribution in [3.8, 4) is 0 Å². The second-order valence-electron chi connectivity index (χ2n) is 2.35. The van der Waals surface area contributed by atoms with Crippen LogP contribution in [-0.4, -0.2) is 23.4 Å². The van der Waals surface area contributed by atoms with E-state index in [0.717, 1.165) is 6.54 Å². The highest BCUT2D eigenvalue weighted by Crippen LogP contribution is 1.93. The Bertz CT molecular complexity index is 94.7. The van der Waals surface area contributed by atoms with Crippen molar-refractivity contribution in [3.05, 3.63) is 0 Å². The molecule has 1 nitrogen and oxygen atoms in total. The first-order valence-electron chi connectivity index (χ1n) is 3.81. The van der Waals surface area contributed by atoms with Gasteiger partial charge in [0.05, 0.1) is 0 Å². The summed E-state index contributed by atoms with van der Waals surface area (Å²) in [5.41, 5.74) is 0. The molecule has 0 rings (SSSR count). The predicted octanol–water partition coefficient (Wildman–Crippen LogP) is 1.91. The minimum absolute atomic E-state index is 0.708. The Hall–Kier alpha value is -0.330. The van der Waals surface area contributed by atoms with Crippen LogP contribution in [0.2, 0.25) is 0 Å². The van der Waals surface area contributed by atoms with E-state index >= 15 is 0 Å². The van der Waals surface area contributed by atoms with Crippen LogP contribution in [0.25, 0.3) is 0 Å². The number of hydrogen-bond acceptors (Lipinski definition) is 0. The fourth-order valence-corrected chi connectivity index (χ4v) is 0.983. The Kier molecular flexibility index (Phi) is 4.37. The molecule has 0 aliphatic carbocycles. The number of rotatable bonds is 3. The van der Waals surface area contributed by atoms with Gasteiger partial charge in [-0.15, -0.1) is 0 Å². The molecule has 0 N–H and O–H groups in total. The third-order valence-corrected chi connectivity index (χ3v) is 1.85. The second kappa shape index (κ2) is 4.54. The fraction of sp³-hybridized carbons (Fsp3) is 0.875. The second-order valence-corrected chi connectivity index (χ2v) is 2.35.